The second-order valence-corrected chi connectivity index (χ2v) is 6.72. The molecule has 5 nitrogen and oxygen atoms in total. The fraction of sp³-hybridized carbons (Fsp3) is 0.350. The molecular formula is C20H20FN3O2. The fourth-order valence-electron chi connectivity index (χ4n) is 3.48. The first-order valence-corrected chi connectivity index (χ1v) is 8.96. The van der Waals surface area contributed by atoms with Crippen molar-refractivity contribution >= 4 is 17.0 Å². The van der Waals surface area contributed by atoms with Crippen molar-refractivity contribution in [3.05, 3.63) is 47.4 Å². The summed E-state index contributed by atoms with van der Waals surface area (Å²) in [6.45, 7) is 3.34. The van der Waals surface area contributed by atoms with Crippen molar-refractivity contribution in [3.63, 3.8) is 0 Å². The molecule has 0 bridgehead atoms. The number of benzene rings is 1. The molecule has 26 heavy (non-hydrogen) atoms. The number of aryl methyl sites for hydroxylation is 1. The number of carbonyl (C=O) groups excluding carboxylic acids is 1. The number of pyridine rings is 1. The number of fused-ring (bicyclic) bond motifs is 1. The largest absolute Gasteiger partial charge is 0.339 e. The van der Waals surface area contributed by atoms with Crippen molar-refractivity contribution in [2.75, 3.05) is 13.1 Å². The van der Waals surface area contributed by atoms with Gasteiger partial charge in [-0.3, -0.25) is 4.79 Å². The van der Waals surface area contributed by atoms with Gasteiger partial charge in [-0.25, -0.2) is 9.37 Å². The second kappa shape index (κ2) is 6.86. The number of nitrogens with zero attached hydrogens (tertiary/aromatic N) is 3. The number of rotatable bonds is 2. The zero-order valence-corrected chi connectivity index (χ0v) is 14.7. The molecule has 4 rings (SSSR count). The van der Waals surface area contributed by atoms with Crippen molar-refractivity contribution < 1.29 is 13.7 Å². The number of halogens is 1. The Bertz CT molecular complexity index is 942. The molecular weight excluding hydrogens is 333 g/mol. The smallest absolute Gasteiger partial charge is 0.259 e. The Balaban J connectivity index is 1.82. The van der Waals surface area contributed by atoms with E-state index < -0.39 is 0 Å². The van der Waals surface area contributed by atoms with E-state index in [9.17, 15) is 9.18 Å². The Kier molecular flexibility index (Phi) is 4.41. The highest BCUT2D eigenvalue weighted by molar-refractivity contribution is 6.07. The van der Waals surface area contributed by atoms with Crippen LogP contribution in [-0.4, -0.2) is 34.0 Å². The normalized spacial score (nSPS) is 15.2. The molecule has 1 saturated heterocycles. The third-order valence-electron chi connectivity index (χ3n) is 4.88. The van der Waals surface area contributed by atoms with Crippen molar-refractivity contribution in [2.24, 2.45) is 0 Å². The zero-order chi connectivity index (χ0) is 18.1. The van der Waals surface area contributed by atoms with Crippen LogP contribution in [0.1, 0.15) is 41.7 Å². The van der Waals surface area contributed by atoms with Crippen LogP contribution in [0.15, 0.2) is 34.9 Å². The topological polar surface area (TPSA) is 59.2 Å². The molecule has 3 heterocycles. The fourth-order valence-corrected chi connectivity index (χ4v) is 3.48. The van der Waals surface area contributed by atoms with Gasteiger partial charge in [0.2, 0.25) is 0 Å². The maximum Gasteiger partial charge on any atom is 0.259 e. The van der Waals surface area contributed by atoms with E-state index in [1.165, 1.54) is 12.1 Å². The Morgan fingerprint density at radius 2 is 1.81 bits per heavy atom. The van der Waals surface area contributed by atoms with Gasteiger partial charge in [-0.2, -0.15) is 0 Å². The molecule has 0 aliphatic carbocycles. The molecule has 1 aliphatic rings. The first-order valence-electron chi connectivity index (χ1n) is 8.96. The van der Waals surface area contributed by atoms with Crippen LogP contribution in [0, 0.1) is 12.7 Å². The van der Waals surface area contributed by atoms with E-state index in [1.807, 2.05) is 11.8 Å². The first-order chi connectivity index (χ1) is 12.6. The molecule has 0 unspecified atom stereocenters. The highest BCUT2D eigenvalue weighted by Crippen LogP contribution is 2.28. The lowest BCUT2D eigenvalue weighted by Crippen LogP contribution is -2.32. The van der Waals surface area contributed by atoms with E-state index >= 15 is 0 Å². The Morgan fingerprint density at radius 1 is 1.12 bits per heavy atom. The molecule has 1 aliphatic heterocycles. The summed E-state index contributed by atoms with van der Waals surface area (Å²) in [5.41, 5.74) is 2.84. The standard InChI is InChI=1S/C20H20FN3O2/c1-13-18-16(20(25)24-10-4-2-3-5-11-24)12-17(22-19(18)26-23-13)14-6-8-15(21)9-7-14/h6-9,12H,2-5,10-11H2,1H3. The molecule has 3 aromatic rings. The number of likely N-dealkylation sites (tertiary alicyclic amines) is 1. The number of hydrogen-bond acceptors (Lipinski definition) is 4. The quantitative estimate of drug-likeness (QED) is 0.687. The predicted octanol–water partition coefficient (Wildman–Crippen LogP) is 4.35. The van der Waals surface area contributed by atoms with Gasteiger partial charge < -0.3 is 9.42 Å². The molecule has 134 valence electrons. The van der Waals surface area contributed by atoms with Crippen LogP contribution in [0.3, 0.4) is 0 Å². The summed E-state index contributed by atoms with van der Waals surface area (Å²) in [6.07, 6.45) is 4.35. The molecule has 0 saturated carbocycles. The second-order valence-electron chi connectivity index (χ2n) is 6.72. The molecule has 1 aromatic carbocycles. The summed E-state index contributed by atoms with van der Waals surface area (Å²) < 4.78 is 18.6. The molecule has 0 atom stereocenters. The minimum Gasteiger partial charge on any atom is -0.339 e. The van der Waals surface area contributed by atoms with Gasteiger partial charge in [0.25, 0.3) is 11.6 Å². The van der Waals surface area contributed by atoms with Crippen LogP contribution >= 0.6 is 0 Å². The minimum atomic E-state index is -0.314. The molecule has 1 amide bonds. The van der Waals surface area contributed by atoms with E-state index in [4.69, 9.17) is 4.52 Å². The first kappa shape index (κ1) is 16.7. The molecule has 0 spiro atoms. The summed E-state index contributed by atoms with van der Waals surface area (Å²) in [7, 11) is 0. The lowest BCUT2D eigenvalue weighted by Gasteiger charge is -2.21. The van der Waals surface area contributed by atoms with E-state index in [-0.39, 0.29) is 11.7 Å². The van der Waals surface area contributed by atoms with Crippen molar-refractivity contribution in [3.8, 4) is 11.3 Å². The maximum atomic E-state index is 13.2. The third kappa shape index (κ3) is 3.07. The number of amides is 1. The summed E-state index contributed by atoms with van der Waals surface area (Å²) >= 11 is 0. The molecule has 0 N–H and O–H groups in total. The van der Waals surface area contributed by atoms with Crippen molar-refractivity contribution in [1.29, 1.82) is 0 Å². The molecule has 6 heteroatoms. The van der Waals surface area contributed by atoms with Gasteiger partial charge >= 0.3 is 0 Å². The van der Waals surface area contributed by atoms with Crippen LogP contribution < -0.4 is 0 Å². The van der Waals surface area contributed by atoms with Gasteiger partial charge in [0.05, 0.1) is 22.3 Å². The number of carbonyl (C=O) groups is 1. The van der Waals surface area contributed by atoms with Crippen LogP contribution in [0.2, 0.25) is 0 Å². The number of aromatic nitrogens is 2. The van der Waals surface area contributed by atoms with Gasteiger partial charge in [-0.15, -0.1) is 0 Å². The van der Waals surface area contributed by atoms with Crippen LogP contribution in [0.5, 0.6) is 0 Å². The Hall–Kier alpha value is -2.76. The summed E-state index contributed by atoms with van der Waals surface area (Å²) in [5, 5.41) is 4.64. The zero-order valence-electron chi connectivity index (χ0n) is 14.7. The van der Waals surface area contributed by atoms with Gasteiger partial charge in [0.1, 0.15) is 5.82 Å². The maximum absolute atomic E-state index is 13.2. The van der Waals surface area contributed by atoms with Gasteiger partial charge in [-0.1, -0.05) is 18.0 Å². The van der Waals surface area contributed by atoms with Gasteiger partial charge in [-0.05, 0) is 50.1 Å². The van der Waals surface area contributed by atoms with E-state index in [0.29, 0.717) is 28.1 Å². The van der Waals surface area contributed by atoms with Crippen molar-refractivity contribution in [1.82, 2.24) is 15.0 Å². The summed E-state index contributed by atoms with van der Waals surface area (Å²) in [6, 6.07) is 7.82. The molecule has 2 aromatic heterocycles. The molecule has 0 radical (unpaired) electrons. The van der Waals surface area contributed by atoms with Gasteiger partial charge in [0, 0.05) is 18.7 Å². The minimum absolute atomic E-state index is 0.0195. The lowest BCUT2D eigenvalue weighted by molar-refractivity contribution is 0.0763. The average molecular weight is 353 g/mol. The van der Waals surface area contributed by atoms with E-state index in [2.05, 4.69) is 10.1 Å². The summed E-state index contributed by atoms with van der Waals surface area (Å²) in [4.78, 5) is 19.6. The SMILES string of the molecule is Cc1noc2nc(-c3ccc(F)cc3)cc(C(=O)N3CCCCCC3)c12. The Morgan fingerprint density at radius 3 is 2.50 bits per heavy atom. The molecule has 1 fully saturated rings. The van der Waals surface area contributed by atoms with Crippen LogP contribution in [0.25, 0.3) is 22.4 Å². The van der Waals surface area contributed by atoms with Crippen molar-refractivity contribution in [2.45, 2.75) is 32.6 Å². The van der Waals surface area contributed by atoms with E-state index in [1.54, 1.807) is 18.2 Å². The third-order valence-corrected chi connectivity index (χ3v) is 4.88. The monoisotopic (exact) mass is 353 g/mol. The highest BCUT2D eigenvalue weighted by atomic mass is 19.1. The van der Waals surface area contributed by atoms with E-state index in [0.717, 1.165) is 44.3 Å². The Labute approximate surface area is 150 Å². The summed E-state index contributed by atoms with van der Waals surface area (Å²) in [5.74, 6) is -0.333. The number of hydrogen-bond donors (Lipinski definition) is 0. The van der Waals surface area contributed by atoms with Crippen LogP contribution in [-0.2, 0) is 0 Å². The van der Waals surface area contributed by atoms with Gasteiger partial charge in [0.15, 0.2) is 0 Å². The lowest BCUT2D eigenvalue weighted by atomic mass is 10.0. The van der Waals surface area contributed by atoms with Crippen LogP contribution in [0.4, 0.5) is 4.39 Å². The predicted molar refractivity (Wildman–Crippen MR) is 96.3 cm³/mol. The highest BCUT2D eigenvalue weighted by Gasteiger charge is 2.24. The average Bonchev–Trinajstić information content (AvgIpc) is 2.86.